The van der Waals surface area contributed by atoms with Crippen LogP contribution in [0.15, 0.2) is 77.8 Å². The van der Waals surface area contributed by atoms with E-state index in [-0.39, 0.29) is 62.5 Å². The maximum atomic E-state index is 14.8. The largest absolute Gasteiger partial charge is 0.478 e. The van der Waals surface area contributed by atoms with Crippen molar-refractivity contribution in [1.29, 1.82) is 0 Å². The molecule has 2 saturated heterocycles. The highest BCUT2D eigenvalue weighted by Crippen LogP contribution is 2.53. The molecule has 350 valence electrons. The number of aromatic nitrogens is 2. The van der Waals surface area contributed by atoms with Crippen LogP contribution >= 0.6 is 0 Å². The van der Waals surface area contributed by atoms with Gasteiger partial charge >= 0.3 is 0 Å². The van der Waals surface area contributed by atoms with E-state index in [0.29, 0.717) is 24.1 Å². The van der Waals surface area contributed by atoms with Crippen molar-refractivity contribution >= 4 is 38.3 Å². The first-order chi connectivity index (χ1) is 31.5. The molecular formula is C50H59FN6O8S. The number of benzene rings is 3. The van der Waals surface area contributed by atoms with Crippen molar-refractivity contribution in [3.05, 3.63) is 111 Å². The number of methoxy groups -OCH3 is 1. The van der Waals surface area contributed by atoms with Gasteiger partial charge in [-0.2, -0.15) is 4.98 Å². The van der Waals surface area contributed by atoms with Gasteiger partial charge in [-0.25, -0.2) is 17.5 Å². The number of nitro benzene ring substituents is 1. The summed E-state index contributed by atoms with van der Waals surface area (Å²) in [6.07, 6.45) is 8.63. The van der Waals surface area contributed by atoms with Gasteiger partial charge in [0, 0.05) is 61.3 Å². The second kappa shape index (κ2) is 17.9. The number of morpholine rings is 1. The van der Waals surface area contributed by atoms with Gasteiger partial charge in [-0.15, -0.1) is 0 Å². The van der Waals surface area contributed by atoms with E-state index in [0.717, 1.165) is 95.6 Å². The summed E-state index contributed by atoms with van der Waals surface area (Å²) >= 11 is 0. The third-order valence-corrected chi connectivity index (χ3v) is 16.2. The number of carbonyl (C=O) groups excluding carboxylic acids is 1. The highest BCUT2D eigenvalue weighted by Gasteiger charge is 2.50. The highest BCUT2D eigenvalue weighted by atomic mass is 32.2. The molecule has 3 aromatic carbocycles. The summed E-state index contributed by atoms with van der Waals surface area (Å²) in [5, 5.41) is 12.4. The van der Waals surface area contributed by atoms with E-state index in [9.17, 15) is 27.7 Å². The molecule has 66 heavy (non-hydrogen) atoms. The number of hydrogen-bond donors (Lipinski definition) is 2. The predicted molar refractivity (Wildman–Crippen MR) is 250 cm³/mol. The van der Waals surface area contributed by atoms with E-state index in [1.54, 1.807) is 12.1 Å². The van der Waals surface area contributed by atoms with Crippen molar-refractivity contribution in [1.82, 2.24) is 19.6 Å². The van der Waals surface area contributed by atoms with Gasteiger partial charge in [0.2, 0.25) is 0 Å². The Kier molecular flexibility index (Phi) is 12.4. The average Bonchev–Trinajstić information content (AvgIpc) is 3.66. The zero-order valence-electron chi connectivity index (χ0n) is 38.3. The highest BCUT2D eigenvalue weighted by molar-refractivity contribution is 7.90. The van der Waals surface area contributed by atoms with Crippen LogP contribution in [-0.2, 0) is 14.8 Å². The summed E-state index contributed by atoms with van der Waals surface area (Å²) in [6, 6.07) is 19.6. The lowest BCUT2D eigenvalue weighted by Crippen LogP contribution is -2.58. The number of nitrogens with zero attached hydrogens (tertiary/aromatic N) is 4. The van der Waals surface area contributed by atoms with E-state index in [1.807, 2.05) is 0 Å². The molecule has 9 rings (SSSR count). The van der Waals surface area contributed by atoms with Crippen LogP contribution in [0, 0.1) is 26.8 Å². The summed E-state index contributed by atoms with van der Waals surface area (Å²) in [5.41, 5.74) is 4.12. The molecule has 2 aliphatic carbocycles. The van der Waals surface area contributed by atoms with Crippen molar-refractivity contribution in [3.8, 4) is 17.4 Å². The number of amides is 1. The van der Waals surface area contributed by atoms with Gasteiger partial charge in [0.05, 0.1) is 47.1 Å². The molecule has 4 fully saturated rings. The second-order valence-electron chi connectivity index (χ2n) is 19.8. The number of halogens is 1. The van der Waals surface area contributed by atoms with Crippen molar-refractivity contribution in [3.63, 3.8) is 0 Å². The van der Waals surface area contributed by atoms with Gasteiger partial charge < -0.3 is 24.1 Å². The number of anilines is 1. The van der Waals surface area contributed by atoms with Gasteiger partial charge in [0.1, 0.15) is 17.2 Å². The van der Waals surface area contributed by atoms with Crippen LogP contribution in [-0.4, -0.2) is 80.1 Å². The lowest BCUT2D eigenvalue weighted by atomic mass is 9.59. The smallest absolute Gasteiger partial charge is 0.274 e. The number of nitro groups is 1. The minimum atomic E-state index is -4.61. The topological polar surface area (TPSA) is 169 Å². The molecule has 2 N–H and O–H groups in total. The Morgan fingerprint density at radius 3 is 2.44 bits per heavy atom. The van der Waals surface area contributed by atoms with Crippen molar-refractivity contribution in [2.45, 2.75) is 108 Å². The number of piperidine rings is 1. The fourth-order valence-electron chi connectivity index (χ4n) is 10.9. The van der Waals surface area contributed by atoms with Gasteiger partial charge in [-0.3, -0.25) is 19.8 Å². The number of aromatic amines is 1. The standard InChI is InChI=1S/C50H59FN6O8S/c1-31(2)36-8-6-7-9-38(36)43-30-64-23-22-56(43)34-27-50(28-34)18-20-55(21-19-50)33-10-12-39(44(24-33)65-45-26-40-41(51)29-52-46(40)53-48(45)63-5)47(58)54-66(61,62)35-11-13-37(42(25-35)57(59)60)32-14-16-49(3,4)17-15-32/h6-13,24-26,29,31-32,34,43H,14-23,27-28,30H2,1-5H3,(H,52,53)(H,54,58)/t43-/m0/s1. The Balaban J connectivity index is 0.950. The monoisotopic (exact) mass is 922 g/mol. The molecule has 4 aliphatic rings. The van der Waals surface area contributed by atoms with Crippen LogP contribution in [0.4, 0.5) is 15.8 Å². The average molecular weight is 923 g/mol. The number of rotatable bonds is 12. The Morgan fingerprint density at radius 2 is 1.73 bits per heavy atom. The van der Waals surface area contributed by atoms with E-state index in [2.05, 4.69) is 76.5 Å². The fraction of sp³-hybridized carbons (Fsp3) is 0.480. The third-order valence-electron chi connectivity index (χ3n) is 14.8. The number of nitrogens with one attached hydrogen (secondary N) is 2. The van der Waals surface area contributed by atoms with Crippen LogP contribution in [0.25, 0.3) is 11.0 Å². The van der Waals surface area contributed by atoms with Gasteiger partial charge in [0.25, 0.3) is 27.5 Å². The van der Waals surface area contributed by atoms with Crippen LogP contribution < -0.4 is 19.1 Å². The quantitative estimate of drug-likeness (QED) is 0.0902. The predicted octanol–water partition coefficient (Wildman–Crippen LogP) is 10.2. The molecule has 1 amide bonds. The normalized spacial score (nSPS) is 20.3. The number of carbonyl (C=O) groups is 1. The van der Waals surface area contributed by atoms with Gasteiger partial charge in [0.15, 0.2) is 5.75 Å². The Morgan fingerprint density at radius 1 is 0.985 bits per heavy atom. The lowest BCUT2D eigenvalue weighted by molar-refractivity contribution is -0.386. The SMILES string of the molecule is COc1nc2[nH]cc(F)c2cc1Oc1cc(N2CCC3(CC2)CC(N2CCOC[C@H]2c2ccccc2C(C)C)C3)ccc1C(=O)NS(=O)(=O)c1ccc(C2CCC(C)(C)CC2)c([N+](=O)[O-])c1. The van der Waals surface area contributed by atoms with E-state index < -0.39 is 31.6 Å². The number of sulfonamides is 1. The molecule has 0 unspecified atom stereocenters. The Hall–Kier alpha value is -5.58. The maximum Gasteiger partial charge on any atom is 0.274 e. The molecule has 4 heterocycles. The first-order valence-electron chi connectivity index (χ1n) is 23.1. The molecule has 0 bridgehead atoms. The first-order valence-corrected chi connectivity index (χ1v) is 24.6. The zero-order chi connectivity index (χ0) is 46.5. The number of hydrogen-bond acceptors (Lipinski definition) is 11. The molecule has 2 saturated carbocycles. The molecule has 5 aromatic rings. The van der Waals surface area contributed by atoms with Crippen LogP contribution in [0.5, 0.6) is 17.4 Å². The Bertz CT molecular complexity index is 2750. The molecule has 2 aliphatic heterocycles. The summed E-state index contributed by atoms with van der Waals surface area (Å²) < 4.78 is 62.6. The molecule has 0 radical (unpaired) electrons. The lowest BCUT2D eigenvalue weighted by Gasteiger charge is -2.57. The van der Waals surface area contributed by atoms with Gasteiger partial charge in [-0.1, -0.05) is 58.0 Å². The summed E-state index contributed by atoms with van der Waals surface area (Å²) in [4.78, 5) is 37.5. The summed E-state index contributed by atoms with van der Waals surface area (Å²) in [7, 11) is -3.22. The number of pyridine rings is 1. The van der Waals surface area contributed by atoms with E-state index in [1.165, 1.54) is 42.5 Å². The molecule has 16 heteroatoms. The minimum Gasteiger partial charge on any atom is -0.478 e. The third kappa shape index (κ3) is 8.98. The van der Waals surface area contributed by atoms with Crippen molar-refractivity contribution in [2.24, 2.45) is 10.8 Å². The number of fused-ring (bicyclic) bond motifs is 1. The van der Waals surface area contributed by atoms with Crippen molar-refractivity contribution < 1.29 is 36.7 Å². The van der Waals surface area contributed by atoms with Crippen LogP contribution in [0.3, 0.4) is 0 Å². The van der Waals surface area contributed by atoms with E-state index >= 15 is 0 Å². The zero-order valence-corrected chi connectivity index (χ0v) is 39.1. The Labute approximate surface area is 385 Å². The van der Waals surface area contributed by atoms with Crippen molar-refractivity contribution in [2.75, 3.05) is 44.9 Å². The molecule has 1 atom stereocenters. The minimum absolute atomic E-state index is 0.00501. The fourth-order valence-corrected chi connectivity index (χ4v) is 11.9. The summed E-state index contributed by atoms with van der Waals surface area (Å²) in [5.74, 6) is -1.24. The van der Waals surface area contributed by atoms with E-state index in [4.69, 9.17) is 14.2 Å². The van der Waals surface area contributed by atoms with Gasteiger partial charge in [-0.05, 0) is 103 Å². The molecule has 14 nitrogen and oxygen atoms in total. The maximum absolute atomic E-state index is 14.8. The molecular weight excluding hydrogens is 864 g/mol. The number of H-pyrrole nitrogens is 1. The molecule has 2 aromatic heterocycles. The first kappa shape index (κ1) is 45.6. The summed E-state index contributed by atoms with van der Waals surface area (Å²) in [6.45, 7) is 12.7. The van der Waals surface area contributed by atoms with Crippen LogP contribution in [0.1, 0.15) is 124 Å². The van der Waals surface area contributed by atoms with Crippen LogP contribution in [0.2, 0.25) is 0 Å². The molecule has 1 spiro atoms. The second-order valence-corrected chi connectivity index (χ2v) is 21.5. The number of ether oxygens (including phenoxy) is 3.